The Labute approximate surface area is 111 Å². The third-order valence-electron chi connectivity index (χ3n) is 2.81. The lowest BCUT2D eigenvalue weighted by atomic mass is 10.0. The van der Waals surface area contributed by atoms with Crippen LogP contribution in [0.4, 0.5) is 0 Å². The standard InChI is InChI=1S/C15H18BrN/c1-11(2)9-13(16)10-14-8-7-12-5-3-4-6-15(12)17-14/h3-8,11,13H,9-10H2,1-2H3. The lowest BCUT2D eigenvalue weighted by Crippen LogP contribution is -2.07. The van der Waals surface area contributed by atoms with Crippen LogP contribution >= 0.6 is 15.9 Å². The minimum absolute atomic E-state index is 0.524. The number of hydrogen-bond donors (Lipinski definition) is 0. The van der Waals surface area contributed by atoms with Gasteiger partial charge >= 0.3 is 0 Å². The molecule has 1 aromatic carbocycles. The van der Waals surface area contributed by atoms with Crippen LogP contribution in [0.15, 0.2) is 36.4 Å². The molecule has 2 heteroatoms. The highest BCUT2D eigenvalue weighted by Crippen LogP contribution is 2.19. The summed E-state index contributed by atoms with van der Waals surface area (Å²) >= 11 is 3.74. The molecule has 0 amide bonds. The fourth-order valence-corrected chi connectivity index (χ4v) is 3.12. The van der Waals surface area contributed by atoms with Crippen molar-refractivity contribution in [1.29, 1.82) is 0 Å². The van der Waals surface area contributed by atoms with Crippen molar-refractivity contribution in [2.24, 2.45) is 5.92 Å². The van der Waals surface area contributed by atoms with E-state index in [1.165, 1.54) is 17.5 Å². The minimum Gasteiger partial charge on any atom is -0.253 e. The molecular weight excluding hydrogens is 274 g/mol. The highest BCUT2D eigenvalue weighted by atomic mass is 79.9. The van der Waals surface area contributed by atoms with Crippen molar-refractivity contribution in [3.05, 3.63) is 42.1 Å². The van der Waals surface area contributed by atoms with Crippen LogP contribution < -0.4 is 0 Å². The van der Waals surface area contributed by atoms with E-state index in [0.29, 0.717) is 4.83 Å². The van der Waals surface area contributed by atoms with Crippen LogP contribution in [0.5, 0.6) is 0 Å². The molecule has 0 saturated heterocycles. The number of hydrogen-bond acceptors (Lipinski definition) is 1. The van der Waals surface area contributed by atoms with E-state index in [9.17, 15) is 0 Å². The first kappa shape index (κ1) is 12.6. The summed E-state index contributed by atoms with van der Waals surface area (Å²) in [7, 11) is 0. The predicted octanol–water partition coefficient (Wildman–Crippen LogP) is 4.59. The van der Waals surface area contributed by atoms with Gasteiger partial charge in [-0.1, -0.05) is 54.0 Å². The van der Waals surface area contributed by atoms with Gasteiger partial charge in [-0.25, -0.2) is 0 Å². The number of aromatic nitrogens is 1. The zero-order valence-electron chi connectivity index (χ0n) is 10.4. The number of fused-ring (bicyclic) bond motifs is 1. The Bertz CT molecular complexity index is 493. The predicted molar refractivity (Wildman–Crippen MR) is 77.6 cm³/mol. The van der Waals surface area contributed by atoms with E-state index in [2.05, 4.69) is 60.1 Å². The Morgan fingerprint density at radius 1 is 1.12 bits per heavy atom. The number of para-hydroxylation sites is 1. The molecule has 0 aliphatic carbocycles. The van der Waals surface area contributed by atoms with Crippen molar-refractivity contribution >= 4 is 26.8 Å². The van der Waals surface area contributed by atoms with Crippen molar-refractivity contribution in [2.45, 2.75) is 31.5 Å². The molecule has 0 N–H and O–H groups in total. The normalized spacial score (nSPS) is 13.2. The monoisotopic (exact) mass is 291 g/mol. The summed E-state index contributed by atoms with van der Waals surface area (Å²) in [4.78, 5) is 5.22. The van der Waals surface area contributed by atoms with Gasteiger partial charge in [0.2, 0.25) is 0 Å². The van der Waals surface area contributed by atoms with Crippen LogP contribution in [0.2, 0.25) is 0 Å². The smallest absolute Gasteiger partial charge is 0.0705 e. The van der Waals surface area contributed by atoms with Gasteiger partial charge in [-0.2, -0.15) is 0 Å². The van der Waals surface area contributed by atoms with Gasteiger partial charge in [0.25, 0.3) is 0 Å². The summed E-state index contributed by atoms with van der Waals surface area (Å²) in [6, 6.07) is 12.6. The molecule has 2 rings (SSSR count). The first-order valence-corrected chi connectivity index (χ1v) is 7.05. The summed E-state index contributed by atoms with van der Waals surface area (Å²) in [6.07, 6.45) is 2.19. The van der Waals surface area contributed by atoms with Crippen molar-refractivity contribution in [3.63, 3.8) is 0 Å². The molecular formula is C15H18BrN. The van der Waals surface area contributed by atoms with Gasteiger partial charge in [0.15, 0.2) is 0 Å². The van der Waals surface area contributed by atoms with Crippen LogP contribution in [0, 0.1) is 5.92 Å². The summed E-state index contributed by atoms with van der Waals surface area (Å²) in [5, 5.41) is 1.21. The second-order valence-corrected chi connectivity index (χ2v) is 6.22. The number of benzene rings is 1. The SMILES string of the molecule is CC(C)CC(Br)Cc1ccc2ccccc2n1. The maximum Gasteiger partial charge on any atom is 0.0705 e. The van der Waals surface area contributed by atoms with E-state index in [1.54, 1.807) is 0 Å². The second kappa shape index (κ2) is 5.63. The second-order valence-electron chi connectivity index (χ2n) is 4.93. The average molecular weight is 292 g/mol. The molecule has 2 aromatic rings. The molecule has 0 radical (unpaired) electrons. The Morgan fingerprint density at radius 3 is 2.65 bits per heavy atom. The van der Waals surface area contributed by atoms with Crippen LogP contribution in [0.25, 0.3) is 10.9 Å². The maximum atomic E-state index is 4.69. The Morgan fingerprint density at radius 2 is 1.88 bits per heavy atom. The lowest BCUT2D eigenvalue weighted by molar-refractivity contribution is 0.569. The number of rotatable bonds is 4. The van der Waals surface area contributed by atoms with Gasteiger partial charge in [0, 0.05) is 22.3 Å². The van der Waals surface area contributed by atoms with Crippen molar-refractivity contribution in [2.75, 3.05) is 0 Å². The van der Waals surface area contributed by atoms with Crippen molar-refractivity contribution in [1.82, 2.24) is 4.98 Å². The first-order valence-electron chi connectivity index (χ1n) is 6.14. The van der Waals surface area contributed by atoms with E-state index >= 15 is 0 Å². The molecule has 17 heavy (non-hydrogen) atoms. The Kier molecular flexibility index (Phi) is 4.16. The third-order valence-corrected chi connectivity index (χ3v) is 3.51. The fraction of sp³-hybridized carbons (Fsp3) is 0.400. The largest absolute Gasteiger partial charge is 0.253 e. The molecule has 0 aliphatic rings. The van der Waals surface area contributed by atoms with E-state index in [1.807, 2.05) is 6.07 Å². The van der Waals surface area contributed by atoms with Gasteiger partial charge in [0.05, 0.1) is 5.52 Å². The molecule has 0 bridgehead atoms. The molecule has 1 heterocycles. The van der Waals surface area contributed by atoms with E-state index in [-0.39, 0.29) is 0 Å². The lowest BCUT2D eigenvalue weighted by Gasteiger charge is -2.12. The number of alkyl halides is 1. The average Bonchev–Trinajstić information content (AvgIpc) is 2.27. The summed E-state index contributed by atoms with van der Waals surface area (Å²) < 4.78 is 0. The molecule has 1 nitrogen and oxygen atoms in total. The highest BCUT2D eigenvalue weighted by Gasteiger charge is 2.09. The van der Waals surface area contributed by atoms with E-state index in [4.69, 9.17) is 4.98 Å². The molecule has 90 valence electrons. The van der Waals surface area contributed by atoms with Gasteiger partial charge in [-0.3, -0.25) is 4.98 Å². The molecule has 1 unspecified atom stereocenters. The zero-order valence-corrected chi connectivity index (χ0v) is 11.9. The quantitative estimate of drug-likeness (QED) is 0.751. The van der Waals surface area contributed by atoms with Crippen molar-refractivity contribution in [3.8, 4) is 0 Å². The number of pyridine rings is 1. The topological polar surface area (TPSA) is 12.9 Å². The molecule has 1 aromatic heterocycles. The summed E-state index contributed by atoms with van der Waals surface area (Å²) in [5.74, 6) is 0.722. The maximum absolute atomic E-state index is 4.69. The Balaban J connectivity index is 2.14. The van der Waals surface area contributed by atoms with Crippen molar-refractivity contribution < 1.29 is 0 Å². The Hall–Kier alpha value is -0.890. The van der Waals surface area contributed by atoms with Gasteiger partial charge in [-0.15, -0.1) is 0 Å². The highest BCUT2D eigenvalue weighted by molar-refractivity contribution is 9.09. The zero-order chi connectivity index (χ0) is 12.3. The number of nitrogens with zero attached hydrogens (tertiary/aromatic N) is 1. The molecule has 0 saturated carbocycles. The van der Waals surface area contributed by atoms with E-state index in [0.717, 1.165) is 17.9 Å². The molecule has 1 atom stereocenters. The van der Waals surface area contributed by atoms with Crippen LogP contribution in [-0.2, 0) is 6.42 Å². The summed E-state index contributed by atoms with van der Waals surface area (Å²) in [5.41, 5.74) is 2.26. The van der Waals surface area contributed by atoms with Crippen LogP contribution in [0.1, 0.15) is 26.0 Å². The fourth-order valence-electron chi connectivity index (χ4n) is 2.04. The van der Waals surface area contributed by atoms with Gasteiger partial charge in [-0.05, 0) is 24.5 Å². The third kappa shape index (κ3) is 3.53. The number of halogens is 1. The van der Waals surface area contributed by atoms with Crippen LogP contribution in [-0.4, -0.2) is 9.81 Å². The molecule has 0 spiro atoms. The van der Waals surface area contributed by atoms with E-state index < -0.39 is 0 Å². The molecule has 0 fully saturated rings. The minimum atomic E-state index is 0.524. The van der Waals surface area contributed by atoms with Gasteiger partial charge < -0.3 is 0 Å². The molecule has 0 aliphatic heterocycles. The van der Waals surface area contributed by atoms with Gasteiger partial charge in [0.1, 0.15) is 0 Å². The summed E-state index contributed by atoms with van der Waals surface area (Å²) in [6.45, 7) is 4.50. The first-order chi connectivity index (χ1) is 8.15. The van der Waals surface area contributed by atoms with Crippen LogP contribution in [0.3, 0.4) is 0 Å².